The first-order valence-electron chi connectivity index (χ1n) is 6.92. The van der Waals surface area contributed by atoms with Gasteiger partial charge in [-0.05, 0) is 0 Å². The normalized spacial score (nSPS) is 11.0. The maximum Gasteiger partial charge on any atom is 0.311 e. The lowest BCUT2D eigenvalue weighted by Crippen LogP contribution is -3.00. The van der Waals surface area contributed by atoms with Gasteiger partial charge in [0.1, 0.15) is 19.8 Å². The van der Waals surface area contributed by atoms with Crippen LogP contribution in [0.25, 0.3) is 0 Å². The molecule has 0 aromatic heterocycles. The molecule has 0 heterocycles. The molecule has 0 unspecified atom stereocenters. The van der Waals surface area contributed by atoms with E-state index in [4.69, 9.17) is 9.47 Å². The van der Waals surface area contributed by atoms with Crippen LogP contribution in [0.1, 0.15) is 12.8 Å². The first-order valence-corrected chi connectivity index (χ1v) is 6.92. The topological polar surface area (TPSA) is 52.6 Å². The van der Waals surface area contributed by atoms with Gasteiger partial charge < -0.3 is 43.3 Å². The van der Waals surface area contributed by atoms with Gasteiger partial charge in [0.25, 0.3) is 0 Å². The molecule has 0 aliphatic rings. The van der Waals surface area contributed by atoms with Crippen LogP contribution in [-0.2, 0) is 19.1 Å². The number of halogens is 2. The Morgan fingerprint density at radius 3 is 1.55 bits per heavy atom. The van der Waals surface area contributed by atoms with Crippen LogP contribution in [-0.4, -0.2) is 89.5 Å². The number of esters is 2. The molecule has 0 atom stereocenters. The third-order valence-corrected chi connectivity index (χ3v) is 2.58. The van der Waals surface area contributed by atoms with Crippen molar-refractivity contribution in [1.29, 1.82) is 0 Å². The van der Waals surface area contributed by atoms with Gasteiger partial charge in [0.2, 0.25) is 0 Å². The van der Waals surface area contributed by atoms with E-state index in [1.54, 1.807) is 0 Å². The average molecular weight is 361 g/mol. The molecule has 0 bridgehead atoms. The van der Waals surface area contributed by atoms with Crippen LogP contribution >= 0.6 is 0 Å². The molecule has 134 valence electrons. The largest absolute Gasteiger partial charge is 1.00 e. The third kappa shape index (κ3) is 19.4. The van der Waals surface area contributed by atoms with Crippen molar-refractivity contribution < 1.29 is 52.8 Å². The molecule has 0 radical (unpaired) electrons. The molecule has 0 aliphatic heterocycles. The molecule has 6 nitrogen and oxygen atoms in total. The fourth-order valence-electron chi connectivity index (χ4n) is 1.25. The quantitative estimate of drug-likeness (QED) is 0.304. The Morgan fingerprint density at radius 1 is 0.682 bits per heavy atom. The molecule has 0 saturated heterocycles. The molecule has 22 heavy (non-hydrogen) atoms. The lowest BCUT2D eigenvalue weighted by Gasteiger charge is -2.23. The first-order chi connectivity index (χ1) is 8.99. The summed E-state index contributed by atoms with van der Waals surface area (Å²) in [5.74, 6) is -0.588. The van der Waals surface area contributed by atoms with Crippen LogP contribution in [0.5, 0.6) is 0 Å². The van der Waals surface area contributed by atoms with Gasteiger partial charge in [-0.2, -0.15) is 0 Å². The predicted molar refractivity (Wildman–Crippen MR) is 77.0 cm³/mol. The Morgan fingerprint density at radius 2 is 1.09 bits per heavy atom. The van der Waals surface area contributed by atoms with Crippen LogP contribution in [0.2, 0.25) is 0 Å². The zero-order chi connectivity index (χ0) is 15.8. The summed E-state index contributed by atoms with van der Waals surface area (Å²) < 4.78 is 11.5. The van der Waals surface area contributed by atoms with E-state index in [9.17, 15) is 9.59 Å². The maximum atomic E-state index is 11.4. The highest BCUT2D eigenvalue weighted by molar-refractivity contribution is 5.71. The monoisotopic (exact) mass is 360 g/mol. The third-order valence-electron chi connectivity index (χ3n) is 2.58. The lowest BCUT2D eigenvalue weighted by atomic mass is 10.4. The number of likely N-dealkylation sites (N-methyl/N-ethyl adjacent to an activating group) is 1. The lowest BCUT2D eigenvalue weighted by molar-refractivity contribution is -0.870. The van der Waals surface area contributed by atoms with Crippen LogP contribution < -0.4 is 24.8 Å². The molecule has 0 spiro atoms. The minimum absolute atomic E-state index is 0. The van der Waals surface area contributed by atoms with Crippen molar-refractivity contribution in [1.82, 2.24) is 0 Å². The fraction of sp³-hybridized carbons (Fsp3) is 0.857. The van der Waals surface area contributed by atoms with E-state index < -0.39 is 0 Å². The van der Waals surface area contributed by atoms with Crippen LogP contribution in [0, 0.1) is 0 Å². The Kier molecular flexibility index (Phi) is 14.3. The van der Waals surface area contributed by atoms with Crippen molar-refractivity contribution >= 4 is 11.9 Å². The predicted octanol–water partition coefficient (Wildman–Crippen LogP) is -5.73. The smallest absolute Gasteiger partial charge is 0.311 e. The van der Waals surface area contributed by atoms with Gasteiger partial charge in [0.15, 0.2) is 0 Å². The number of nitrogens with zero attached hydrogens (tertiary/aromatic N) is 2. The number of carbonyl (C=O) groups is 2. The number of hydrogen-bond donors (Lipinski definition) is 0. The van der Waals surface area contributed by atoms with Gasteiger partial charge in [-0.25, -0.2) is 0 Å². The molecule has 0 fully saturated rings. The molecule has 0 aromatic rings. The second-order valence-corrected chi connectivity index (χ2v) is 6.97. The Bertz CT molecular complexity index is 326. The Labute approximate surface area is 146 Å². The highest BCUT2D eigenvalue weighted by Gasteiger charge is 2.13. The molecule has 0 aromatic carbocycles. The summed E-state index contributed by atoms with van der Waals surface area (Å²) in [7, 11) is 12.1. The molecule has 0 rings (SSSR count). The summed E-state index contributed by atoms with van der Waals surface area (Å²) in [5, 5.41) is 0. The number of hydrogen-bond acceptors (Lipinski definition) is 4. The molecular weight excluding hydrogens is 331 g/mol. The van der Waals surface area contributed by atoms with E-state index >= 15 is 0 Å². The standard InChI is InChI=1S/C14H30N2O4.2ClH/c1-15(2,3)9-7-13(17)19-11-8-14(18)20-12-10-16(4,5)6;;/h7-12H2,1-6H3;2*1H/q+2;;/p-2. The highest BCUT2D eigenvalue weighted by atomic mass is 35.5. The number of quaternary nitrogens is 2. The molecule has 0 N–H and O–H groups in total. The second-order valence-electron chi connectivity index (χ2n) is 6.97. The summed E-state index contributed by atoms with van der Waals surface area (Å²) in [6.45, 7) is 1.96. The van der Waals surface area contributed by atoms with E-state index in [1.807, 2.05) is 42.3 Å². The van der Waals surface area contributed by atoms with Gasteiger partial charge in [0.05, 0.1) is 61.7 Å². The molecule has 0 amide bonds. The van der Waals surface area contributed by atoms with Gasteiger partial charge in [-0.1, -0.05) is 0 Å². The van der Waals surface area contributed by atoms with Gasteiger partial charge in [-0.15, -0.1) is 0 Å². The first kappa shape index (κ1) is 26.3. The van der Waals surface area contributed by atoms with Crippen LogP contribution in [0.3, 0.4) is 0 Å². The number of rotatable bonds is 9. The van der Waals surface area contributed by atoms with Crippen molar-refractivity contribution in [2.24, 2.45) is 0 Å². The average Bonchev–Trinajstić information content (AvgIpc) is 2.23. The summed E-state index contributed by atoms with van der Waals surface area (Å²) in [5.41, 5.74) is 0. The minimum Gasteiger partial charge on any atom is -1.00 e. The summed E-state index contributed by atoms with van der Waals surface area (Å²) >= 11 is 0. The maximum absolute atomic E-state index is 11.4. The van der Waals surface area contributed by atoms with Crippen molar-refractivity contribution in [3.8, 4) is 0 Å². The fourth-order valence-corrected chi connectivity index (χ4v) is 1.25. The molecule has 0 saturated carbocycles. The van der Waals surface area contributed by atoms with Crippen LogP contribution in [0.4, 0.5) is 0 Å². The zero-order valence-corrected chi connectivity index (χ0v) is 16.0. The second kappa shape index (κ2) is 11.9. The Hall–Kier alpha value is -0.560. The van der Waals surface area contributed by atoms with Gasteiger partial charge >= 0.3 is 11.9 Å². The van der Waals surface area contributed by atoms with Crippen molar-refractivity contribution in [3.63, 3.8) is 0 Å². The van der Waals surface area contributed by atoms with E-state index in [-0.39, 0.29) is 49.8 Å². The van der Waals surface area contributed by atoms with Crippen LogP contribution in [0.15, 0.2) is 0 Å². The SMILES string of the molecule is C[N+](C)(C)CCOC(=O)CCOC(=O)CC[N+](C)(C)C.[Cl-].[Cl-]. The van der Waals surface area contributed by atoms with Gasteiger partial charge in [0, 0.05) is 0 Å². The minimum atomic E-state index is -0.321. The number of carbonyl (C=O) groups excluding carboxylic acids is 2. The Balaban J connectivity index is -0.00000180. The van der Waals surface area contributed by atoms with E-state index in [1.165, 1.54) is 0 Å². The summed E-state index contributed by atoms with van der Waals surface area (Å²) in [4.78, 5) is 22.8. The molecule has 0 aliphatic carbocycles. The zero-order valence-electron chi connectivity index (χ0n) is 14.5. The summed E-state index contributed by atoms with van der Waals surface area (Å²) in [6, 6.07) is 0. The van der Waals surface area contributed by atoms with Crippen molar-refractivity contribution in [2.75, 3.05) is 68.6 Å². The highest BCUT2D eigenvalue weighted by Crippen LogP contribution is 1.97. The van der Waals surface area contributed by atoms with E-state index in [2.05, 4.69) is 0 Å². The summed E-state index contributed by atoms with van der Waals surface area (Å²) in [6.07, 6.45) is 0.479. The van der Waals surface area contributed by atoms with E-state index in [0.29, 0.717) is 24.1 Å². The van der Waals surface area contributed by atoms with Crippen molar-refractivity contribution in [3.05, 3.63) is 0 Å². The molecule has 8 heteroatoms. The number of ether oxygens (including phenoxy) is 2. The van der Waals surface area contributed by atoms with E-state index in [0.717, 1.165) is 11.0 Å². The molecular formula is C14H30Cl2N2O4. The van der Waals surface area contributed by atoms with Crippen molar-refractivity contribution in [2.45, 2.75) is 12.8 Å². The van der Waals surface area contributed by atoms with Gasteiger partial charge in [-0.3, -0.25) is 9.59 Å².